The number of aliphatic carboxylic acids is 1. The Hall–Kier alpha value is -0.430. The topological polar surface area (TPSA) is 49.8 Å². The summed E-state index contributed by atoms with van der Waals surface area (Å²) in [5, 5.41) is 10.7. The summed E-state index contributed by atoms with van der Waals surface area (Å²) < 4.78 is 6.76. The highest BCUT2D eigenvalue weighted by atomic mass is 79.9. The van der Waals surface area contributed by atoms with E-state index in [0.29, 0.717) is 6.61 Å². The van der Waals surface area contributed by atoms with Gasteiger partial charge in [-0.2, -0.15) is 0 Å². The molecule has 0 aliphatic carbocycles. The second-order valence-corrected chi connectivity index (χ2v) is 7.04. The minimum atomic E-state index is -0.791. The van der Waals surface area contributed by atoms with Crippen LogP contribution < -0.4 is 0 Å². The Morgan fingerprint density at radius 3 is 2.84 bits per heavy atom. The molecule has 0 saturated carbocycles. The van der Waals surface area contributed by atoms with E-state index in [4.69, 9.17) is 9.84 Å². The summed E-state index contributed by atoms with van der Waals surface area (Å²) in [6.45, 7) is 3.36. The average molecular weight is 348 g/mol. The van der Waals surface area contributed by atoms with E-state index in [1.54, 1.807) is 11.3 Å². The van der Waals surface area contributed by atoms with Crippen LogP contribution in [0.3, 0.4) is 0 Å². The number of ether oxygens (including phenoxy) is 1. The van der Waals surface area contributed by atoms with Crippen molar-refractivity contribution in [2.45, 2.75) is 31.9 Å². The van der Waals surface area contributed by atoms with E-state index in [0.717, 1.165) is 32.5 Å². The highest BCUT2D eigenvalue weighted by molar-refractivity contribution is 9.11. The molecule has 1 fully saturated rings. The number of rotatable bonds is 6. The van der Waals surface area contributed by atoms with Gasteiger partial charge in [0.2, 0.25) is 0 Å². The maximum Gasteiger partial charge on any atom is 0.305 e. The van der Waals surface area contributed by atoms with Gasteiger partial charge in [-0.05, 0) is 45.8 Å². The molecule has 1 aromatic rings. The van der Waals surface area contributed by atoms with Crippen molar-refractivity contribution >= 4 is 33.2 Å². The van der Waals surface area contributed by atoms with E-state index >= 15 is 0 Å². The van der Waals surface area contributed by atoms with Crippen LogP contribution in [0.25, 0.3) is 0 Å². The SMILES string of the molecule is O=C(O)CCOC1CCN(Cc2csc(Br)c2)CC1. The molecule has 0 unspecified atom stereocenters. The maximum atomic E-state index is 10.4. The van der Waals surface area contributed by atoms with Crippen molar-refractivity contribution in [1.29, 1.82) is 0 Å². The van der Waals surface area contributed by atoms with Gasteiger partial charge in [-0.3, -0.25) is 9.69 Å². The molecular weight excluding hydrogens is 330 g/mol. The van der Waals surface area contributed by atoms with E-state index in [1.807, 2.05) is 0 Å². The van der Waals surface area contributed by atoms with Gasteiger partial charge in [0.05, 0.1) is 22.9 Å². The molecule has 0 aromatic carbocycles. The quantitative estimate of drug-likeness (QED) is 0.859. The van der Waals surface area contributed by atoms with Gasteiger partial charge in [-0.25, -0.2) is 0 Å². The number of carboxylic acids is 1. The molecule has 4 nitrogen and oxygen atoms in total. The first-order valence-corrected chi connectivity index (χ1v) is 8.09. The molecule has 1 aromatic heterocycles. The Balaban J connectivity index is 1.66. The van der Waals surface area contributed by atoms with Crippen molar-refractivity contribution in [3.05, 3.63) is 20.8 Å². The van der Waals surface area contributed by atoms with Crippen molar-refractivity contribution in [2.75, 3.05) is 19.7 Å². The monoisotopic (exact) mass is 347 g/mol. The van der Waals surface area contributed by atoms with Gasteiger partial charge in [0.15, 0.2) is 0 Å². The minimum Gasteiger partial charge on any atom is -0.481 e. The minimum absolute atomic E-state index is 0.100. The van der Waals surface area contributed by atoms with Gasteiger partial charge in [-0.15, -0.1) is 11.3 Å². The lowest BCUT2D eigenvalue weighted by molar-refractivity contribution is -0.138. The Labute approximate surface area is 125 Å². The molecule has 0 atom stereocenters. The third-order valence-corrected chi connectivity index (χ3v) is 4.79. The van der Waals surface area contributed by atoms with Crippen LogP contribution in [0.1, 0.15) is 24.8 Å². The molecule has 0 amide bonds. The van der Waals surface area contributed by atoms with Crippen LogP contribution >= 0.6 is 27.3 Å². The summed E-state index contributed by atoms with van der Waals surface area (Å²) in [6, 6.07) is 2.17. The van der Waals surface area contributed by atoms with Crippen LogP contribution in [0.4, 0.5) is 0 Å². The van der Waals surface area contributed by atoms with Gasteiger partial charge in [0, 0.05) is 19.6 Å². The fourth-order valence-corrected chi connectivity index (χ4v) is 3.43. The lowest BCUT2D eigenvalue weighted by Crippen LogP contribution is -2.36. The standard InChI is InChI=1S/C13H18BrNO3S/c14-12-7-10(9-19-12)8-15-4-1-11(2-5-15)18-6-3-13(16)17/h7,9,11H,1-6,8H2,(H,16,17). The molecule has 106 valence electrons. The van der Waals surface area contributed by atoms with Crippen molar-refractivity contribution in [2.24, 2.45) is 0 Å². The van der Waals surface area contributed by atoms with E-state index in [2.05, 4.69) is 32.3 Å². The molecule has 19 heavy (non-hydrogen) atoms. The molecule has 0 bridgehead atoms. The molecule has 1 saturated heterocycles. The Morgan fingerprint density at radius 2 is 2.26 bits per heavy atom. The van der Waals surface area contributed by atoms with Gasteiger partial charge in [0.25, 0.3) is 0 Å². The number of hydrogen-bond acceptors (Lipinski definition) is 4. The van der Waals surface area contributed by atoms with Gasteiger partial charge >= 0.3 is 5.97 Å². The average Bonchev–Trinajstić information content (AvgIpc) is 2.77. The van der Waals surface area contributed by atoms with Crippen molar-refractivity contribution in [3.8, 4) is 0 Å². The summed E-state index contributed by atoms with van der Waals surface area (Å²) in [7, 11) is 0. The van der Waals surface area contributed by atoms with Crippen LogP contribution in [0.15, 0.2) is 15.2 Å². The zero-order valence-corrected chi connectivity index (χ0v) is 13.1. The highest BCUT2D eigenvalue weighted by Crippen LogP contribution is 2.23. The molecule has 1 N–H and O–H groups in total. The normalized spacial score (nSPS) is 17.7. The Kier molecular flexibility index (Phi) is 5.81. The van der Waals surface area contributed by atoms with Gasteiger partial charge in [-0.1, -0.05) is 0 Å². The number of thiophene rings is 1. The largest absolute Gasteiger partial charge is 0.481 e. The zero-order chi connectivity index (χ0) is 13.7. The molecule has 0 spiro atoms. The second kappa shape index (κ2) is 7.38. The summed E-state index contributed by atoms with van der Waals surface area (Å²) in [5.74, 6) is -0.791. The van der Waals surface area contributed by atoms with Gasteiger partial charge in [0.1, 0.15) is 0 Å². The third-order valence-electron chi connectivity index (χ3n) is 3.23. The van der Waals surface area contributed by atoms with Crippen LogP contribution in [0, 0.1) is 0 Å². The third kappa shape index (κ3) is 5.22. The fourth-order valence-electron chi connectivity index (χ4n) is 2.23. The van der Waals surface area contributed by atoms with Crippen LogP contribution in [0.2, 0.25) is 0 Å². The second-order valence-electron chi connectivity index (χ2n) is 4.75. The van der Waals surface area contributed by atoms with Crippen molar-refractivity contribution in [1.82, 2.24) is 4.90 Å². The summed E-state index contributed by atoms with van der Waals surface area (Å²) in [6.07, 6.45) is 2.31. The first-order valence-electron chi connectivity index (χ1n) is 6.42. The predicted molar refractivity (Wildman–Crippen MR) is 78.5 cm³/mol. The first kappa shape index (κ1) is 15.0. The predicted octanol–water partition coefficient (Wildman–Crippen LogP) is 2.97. The number of likely N-dealkylation sites (tertiary alicyclic amines) is 1. The first-order chi connectivity index (χ1) is 9.13. The summed E-state index contributed by atoms with van der Waals surface area (Å²) >= 11 is 5.20. The van der Waals surface area contributed by atoms with E-state index in [-0.39, 0.29) is 12.5 Å². The maximum absolute atomic E-state index is 10.4. The highest BCUT2D eigenvalue weighted by Gasteiger charge is 2.20. The Bertz CT molecular complexity index is 416. The number of halogens is 1. The molecule has 2 rings (SSSR count). The zero-order valence-electron chi connectivity index (χ0n) is 10.7. The molecule has 1 aliphatic rings. The van der Waals surface area contributed by atoms with Crippen LogP contribution in [-0.2, 0) is 16.1 Å². The van der Waals surface area contributed by atoms with Crippen molar-refractivity contribution < 1.29 is 14.6 Å². The Morgan fingerprint density at radius 1 is 1.53 bits per heavy atom. The summed E-state index contributed by atoms with van der Waals surface area (Å²) in [5.41, 5.74) is 1.35. The number of carbonyl (C=O) groups is 1. The van der Waals surface area contributed by atoms with Gasteiger partial charge < -0.3 is 9.84 Å². The fraction of sp³-hybridized carbons (Fsp3) is 0.615. The number of nitrogens with zero attached hydrogens (tertiary/aromatic N) is 1. The van der Waals surface area contributed by atoms with E-state index < -0.39 is 5.97 Å². The number of carboxylic acid groups (broad SMARTS) is 1. The smallest absolute Gasteiger partial charge is 0.305 e. The lowest BCUT2D eigenvalue weighted by atomic mass is 10.1. The molecule has 2 heterocycles. The van der Waals surface area contributed by atoms with Crippen molar-refractivity contribution in [3.63, 3.8) is 0 Å². The molecule has 6 heteroatoms. The number of piperidine rings is 1. The van der Waals surface area contributed by atoms with Crippen LogP contribution in [0.5, 0.6) is 0 Å². The van der Waals surface area contributed by atoms with Crippen LogP contribution in [-0.4, -0.2) is 41.8 Å². The molecule has 1 aliphatic heterocycles. The number of hydrogen-bond donors (Lipinski definition) is 1. The summed E-state index contributed by atoms with van der Waals surface area (Å²) in [4.78, 5) is 12.8. The molecule has 0 radical (unpaired) electrons. The van der Waals surface area contributed by atoms with E-state index in [1.165, 1.54) is 9.35 Å². The van der Waals surface area contributed by atoms with E-state index in [9.17, 15) is 4.79 Å². The molecular formula is C13H18BrNO3S. The lowest BCUT2D eigenvalue weighted by Gasteiger charge is -2.31.